The van der Waals surface area contributed by atoms with Crippen molar-refractivity contribution in [2.45, 2.75) is 5.41 Å². The standard InChI is InChI=1S/C41H26N2/c42-25-28-22-31(27-43-26-28)29-12-11-13-30(23-29)37-24-39-40(35-19-8-7-18-34(35)37)36-20-9-10-21-38(36)41(39,32-14-3-1-4-15-32)33-16-5-2-6-17-33/h1-24,26-27H. The molecule has 7 aromatic rings. The summed E-state index contributed by atoms with van der Waals surface area (Å²) in [5.41, 5.74) is 12.0. The first-order chi connectivity index (χ1) is 21.3. The van der Waals surface area contributed by atoms with Crippen molar-refractivity contribution in [1.29, 1.82) is 5.26 Å². The number of nitriles is 1. The van der Waals surface area contributed by atoms with Gasteiger partial charge in [-0.05, 0) is 79.0 Å². The molecule has 2 heteroatoms. The first kappa shape index (κ1) is 25.0. The van der Waals surface area contributed by atoms with Crippen LogP contribution in [-0.4, -0.2) is 4.98 Å². The van der Waals surface area contributed by atoms with Crippen LogP contribution in [0.2, 0.25) is 0 Å². The van der Waals surface area contributed by atoms with Crippen molar-refractivity contribution < 1.29 is 0 Å². The van der Waals surface area contributed by atoms with Gasteiger partial charge in [0.25, 0.3) is 0 Å². The zero-order chi connectivity index (χ0) is 28.8. The smallest absolute Gasteiger partial charge is 0.101 e. The molecule has 6 aromatic carbocycles. The number of hydrogen-bond donors (Lipinski definition) is 0. The number of pyridine rings is 1. The highest BCUT2D eigenvalue weighted by atomic mass is 14.6. The van der Waals surface area contributed by atoms with Gasteiger partial charge in [0.1, 0.15) is 6.07 Å². The number of nitrogens with zero attached hydrogens (tertiary/aromatic N) is 2. The number of rotatable bonds is 4. The number of fused-ring (bicyclic) bond motifs is 5. The van der Waals surface area contributed by atoms with Crippen molar-refractivity contribution in [3.8, 4) is 39.4 Å². The molecule has 1 aliphatic rings. The summed E-state index contributed by atoms with van der Waals surface area (Å²) < 4.78 is 0. The minimum atomic E-state index is -0.476. The Kier molecular flexibility index (Phi) is 5.77. The average molecular weight is 547 g/mol. The molecule has 2 nitrogen and oxygen atoms in total. The van der Waals surface area contributed by atoms with E-state index >= 15 is 0 Å². The lowest BCUT2D eigenvalue weighted by molar-refractivity contribution is 0.769. The monoisotopic (exact) mass is 546 g/mol. The van der Waals surface area contributed by atoms with E-state index in [0.717, 1.165) is 16.7 Å². The van der Waals surface area contributed by atoms with Crippen molar-refractivity contribution in [3.05, 3.63) is 186 Å². The molecule has 1 heterocycles. The summed E-state index contributed by atoms with van der Waals surface area (Å²) in [6.07, 6.45) is 3.43. The Labute approximate surface area is 251 Å². The van der Waals surface area contributed by atoms with Crippen LogP contribution in [0.25, 0.3) is 44.2 Å². The van der Waals surface area contributed by atoms with E-state index in [2.05, 4.69) is 151 Å². The lowest BCUT2D eigenvalue weighted by atomic mass is 9.67. The van der Waals surface area contributed by atoms with Crippen LogP contribution < -0.4 is 0 Å². The topological polar surface area (TPSA) is 36.7 Å². The Hall–Kier alpha value is -5.78. The second-order valence-electron chi connectivity index (χ2n) is 11.1. The molecule has 0 saturated heterocycles. The van der Waals surface area contributed by atoms with Gasteiger partial charge in [-0.25, -0.2) is 0 Å². The van der Waals surface area contributed by atoms with Gasteiger partial charge in [0.05, 0.1) is 11.0 Å². The van der Waals surface area contributed by atoms with Crippen LogP contribution in [0.1, 0.15) is 27.8 Å². The van der Waals surface area contributed by atoms with Crippen LogP contribution in [0.3, 0.4) is 0 Å². The Morgan fingerprint density at radius 2 is 1.14 bits per heavy atom. The van der Waals surface area contributed by atoms with Crippen LogP contribution in [0, 0.1) is 11.3 Å². The van der Waals surface area contributed by atoms with Gasteiger partial charge in [0.2, 0.25) is 0 Å². The maximum absolute atomic E-state index is 9.47. The molecular formula is C41H26N2. The molecule has 200 valence electrons. The molecule has 0 atom stereocenters. The van der Waals surface area contributed by atoms with Crippen LogP contribution in [0.5, 0.6) is 0 Å². The predicted molar refractivity (Wildman–Crippen MR) is 175 cm³/mol. The third-order valence-electron chi connectivity index (χ3n) is 8.84. The van der Waals surface area contributed by atoms with E-state index in [1.165, 1.54) is 49.7 Å². The highest BCUT2D eigenvalue weighted by Gasteiger charge is 2.46. The third kappa shape index (κ3) is 3.76. The summed E-state index contributed by atoms with van der Waals surface area (Å²) in [6, 6.07) is 54.7. The van der Waals surface area contributed by atoms with E-state index in [9.17, 15) is 5.26 Å². The normalized spacial score (nSPS) is 12.8. The van der Waals surface area contributed by atoms with E-state index in [0.29, 0.717) is 5.56 Å². The molecule has 0 spiro atoms. The summed E-state index contributed by atoms with van der Waals surface area (Å²) in [4.78, 5) is 4.32. The number of hydrogen-bond acceptors (Lipinski definition) is 2. The molecule has 0 fully saturated rings. The summed E-state index contributed by atoms with van der Waals surface area (Å²) in [5, 5.41) is 11.9. The number of aromatic nitrogens is 1. The fourth-order valence-corrected chi connectivity index (χ4v) is 7.06. The number of benzene rings is 6. The van der Waals surface area contributed by atoms with E-state index in [4.69, 9.17) is 0 Å². The zero-order valence-corrected chi connectivity index (χ0v) is 23.4. The van der Waals surface area contributed by atoms with Gasteiger partial charge >= 0.3 is 0 Å². The minimum Gasteiger partial charge on any atom is -0.263 e. The van der Waals surface area contributed by atoms with Crippen LogP contribution in [0.4, 0.5) is 0 Å². The van der Waals surface area contributed by atoms with Gasteiger partial charge in [0, 0.05) is 18.0 Å². The molecule has 0 bridgehead atoms. The lowest BCUT2D eigenvalue weighted by Gasteiger charge is -2.34. The molecule has 8 rings (SSSR count). The van der Waals surface area contributed by atoms with Crippen molar-refractivity contribution >= 4 is 10.8 Å². The van der Waals surface area contributed by atoms with Crippen LogP contribution >= 0.6 is 0 Å². The summed E-state index contributed by atoms with van der Waals surface area (Å²) in [5.74, 6) is 0. The lowest BCUT2D eigenvalue weighted by Crippen LogP contribution is -2.28. The highest BCUT2D eigenvalue weighted by molar-refractivity contribution is 6.10. The molecule has 0 amide bonds. The molecule has 0 N–H and O–H groups in total. The molecule has 1 aliphatic carbocycles. The molecular weight excluding hydrogens is 520 g/mol. The first-order valence-corrected chi connectivity index (χ1v) is 14.5. The van der Waals surface area contributed by atoms with Crippen molar-refractivity contribution in [2.24, 2.45) is 0 Å². The summed E-state index contributed by atoms with van der Waals surface area (Å²) in [7, 11) is 0. The Balaban J connectivity index is 1.48. The minimum absolute atomic E-state index is 0.476. The molecule has 1 aromatic heterocycles. The first-order valence-electron chi connectivity index (χ1n) is 14.5. The van der Waals surface area contributed by atoms with Gasteiger partial charge in [0.15, 0.2) is 0 Å². The van der Waals surface area contributed by atoms with Crippen molar-refractivity contribution in [1.82, 2.24) is 4.98 Å². The maximum Gasteiger partial charge on any atom is 0.101 e. The van der Waals surface area contributed by atoms with E-state index in [-0.39, 0.29) is 0 Å². The van der Waals surface area contributed by atoms with E-state index in [1.54, 1.807) is 6.20 Å². The average Bonchev–Trinajstić information content (AvgIpc) is 3.40. The Morgan fingerprint density at radius 3 is 1.88 bits per heavy atom. The van der Waals surface area contributed by atoms with Crippen molar-refractivity contribution in [2.75, 3.05) is 0 Å². The van der Waals surface area contributed by atoms with Crippen LogP contribution in [0.15, 0.2) is 158 Å². The van der Waals surface area contributed by atoms with Gasteiger partial charge < -0.3 is 0 Å². The summed E-state index contributed by atoms with van der Waals surface area (Å²) in [6.45, 7) is 0. The second-order valence-corrected chi connectivity index (χ2v) is 11.1. The third-order valence-corrected chi connectivity index (χ3v) is 8.84. The van der Waals surface area contributed by atoms with Gasteiger partial charge in [-0.1, -0.05) is 127 Å². The Morgan fingerprint density at radius 1 is 0.488 bits per heavy atom. The fourth-order valence-electron chi connectivity index (χ4n) is 7.06. The van der Waals surface area contributed by atoms with Gasteiger partial charge in [-0.2, -0.15) is 5.26 Å². The van der Waals surface area contributed by atoms with Crippen LogP contribution in [-0.2, 0) is 5.41 Å². The SMILES string of the molecule is N#Cc1cncc(-c2cccc(-c3cc4c(c5ccccc35)-c3ccccc3C4(c3ccccc3)c3ccccc3)c2)c1. The molecule has 0 radical (unpaired) electrons. The largest absolute Gasteiger partial charge is 0.263 e. The zero-order valence-electron chi connectivity index (χ0n) is 23.4. The summed E-state index contributed by atoms with van der Waals surface area (Å²) >= 11 is 0. The second kappa shape index (κ2) is 9.94. The maximum atomic E-state index is 9.47. The van der Waals surface area contributed by atoms with Crippen molar-refractivity contribution in [3.63, 3.8) is 0 Å². The molecule has 43 heavy (non-hydrogen) atoms. The van der Waals surface area contributed by atoms with Gasteiger partial charge in [-0.15, -0.1) is 0 Å². The predicted octanol–water partition coefficient (Wildman–Crippen LogP) is 9.80. The Bertz CT molecular complexity index is 2150. The quantitative estimate of drug-likeness (QED) is 0.220. The molecule has 0 aliphatic heterocycles. The fraction of sp³-hybridized carbons (Fsp3) is 0.0244. The van der Waals surface area contributed by atoms with E-state index in [1.807, 2.05) is 12.3 Å². The molecule has 0 unspecified atom stereocenters. The highest BCUT2D eigenvalue weighted by Crippen LogP contribution is 2.58. The van der Waals surface area contributed by atoms with E-state index < -0.39 is 5.41 Å². The molecule has 0 saturated carbocycles. The van der Waals surface area contributed by atoms with Gasteiger partial charge in [-0.3, -0.25) is 4.98 Å².